The van der Waals surface area contributed by atoms with E-state index in [1.807, 2.05) is 0 Å². The fourth-order valence-electron chi connectivity index (χ4n) is 2.77. The maximum atomic E-state index is 12.9. The Morgan fingerprint density at radius 2 is 1.94 bits per heavy atom. The zero-order valence-corrected chi connectivity index (χ0v) is 10.0. The van der Waals surface area contributed by atoms with Gasteiger partial charge >= 0.3 is 5.97 Å². The number of hydrogen-bond acceptors (Lipinski definition) is 3. The molecule has 0 spiro atoms. The van der Waals surface area contributed by atoms with Gasteiger partial charge in [-0.3, -0.25) is 4.79 Å². The van der Waals surface area contributed by atoms with Crippen LogP contribution in [0.3, 0.4) is 0 Å². The number of carbonyl (C=O) groups is 1. The van der Waals surface area contributed by atoms with E-state index in [1.54, 1.807) is 0 Å². The largest absolute Gasteiger partial charge is 0.481 e. The van der Waals surface area contributed by atoms with Gasteiger partial charge in [-0.2, -0.15) is 0 Å². The molecule has 0 aromatic rings. The number of aliphatic carboxylic acids is 1. The Morgan fingerprint density at radius 3 is 2.41 bits per heavy atom. The normalized spacial score (nSPS) is 26.9. The van der Waals surface area contributed by atoms with Crippen LogP contribution in [0.4, 0.5) is 4.39 Å². The molecule has 2 saturated heterocycles. The lowest BCUT2D eigenvalue weighted by atomic mass is 9.79. The lowest BCUT2D eigenvalue weighted by Gasteiger charge is -2.42. The number of nitrogens with zero attached hydrogens (tertiary/aromatic N) is 1. The topological polar surface area (TPSA) is 49.8 Å². The monoisotopic (exact) mass is 245 g/mol. The highest BCUT2D eigenvalue weighted by molar-refractivity contribution is 5.75. The van der Waals surface area contributed by atoms with Gasteiger partial charge in [-0.25, -0.2) is 4.39 Å². The molecular formula is C12H20FNO3. The molecule has 2 fully saturated rings. The van der Waals surface area contributed by atoms with Crippen molar-refractivity contribution >= 4 is 5.97 Å². The molecule has 0 aromatic carbocycles. The minimum absolute atomic E-state index is 0.427. The Bertz CT molecular complexity index is 271. The van der Waals surface area contributed by atoms with E-state index in [4.69, 9.17) is 9.84 Å². The molecule has 98 valence electrons. The Kier molecular flexibility index (Phi) is 3.99. The van der Waals surface area contributed by atoms with Crippen molar-refractivity contribution in [1.82, 2.24) is 4.90 Å². The fraction of sp³-hybridized carbons (Fsp3) is 0.917. The number of ether oxygens (including phenoxy) is 1. The standard InChI is InChI=1S/C12H20FNO3/c13-9-12(11(15)16)3-5-14(6-4-12)10-1-7-17-8-2-10/h10H,1-9H2,(H,15,16). The maximum absolute atomic E-state index is 12.9. The second-order valence-corrected chi connectivity index (χ2v) is 5.10. The first-order valence-electron chi connectivity index (χ1n) is 6.29. The zero-order chi connectivity index (χ0) is 12.3. The summed E-state index contributed by atoms with van der Waals surface area (Å²) < 4.78 is 18.2. The smallest absolute Gasteiger partial charge is 0.312 e. The van der Waals surface area contributed by atoms with E-state index in [0.29, 0.717) is 32.0 Å². The SMILES string of the molecule is O=C(O)C1(CF)CCN(C2CCOCC2)CC1. The highest BCUT2D eigenvalue weighted by atomic mass is 19.1. The van der Waals surface area contributed by atoms with Crippen LogP contribution in [0.5, 0.6) is 0 Å². The molecule has 17 heavy (non-hydrogen) atoms. The third kappa shape index (κ3) is 2.60. The molecule has 0 unspecified atom stereocenters. The molecule has 0 radical (unpaired) electrons. The molecule has 5 heteroatoms. The average molecular weight is 245 g/mol. The van der Waals surface area contributed by atoms with Crippen molar-refractivity contribution in [2.24, 2.45) is 5.41 Å². The van der Waals surface area contributed by atoms with Gasteiger partial charge in [0.25, 0.3) is 0 Å². The quantitative estimate of drug-likeness (QED) is 0.814. The van der Waals surface area contributed by atoms with Crippen molar-refractivity contribution < 1.29 is 19.0 Å². The van der Waals surface area contributed by atoms with Crippen molar-refractivity contribution in [3.63, 3.8) is 0 Å². The molecule has 0 aromatic heterocycles. The number of halogens is 1. The summed E-state index contributed by atoms with van der Waals surface area (Å²) in [7, 11) is 0. The number of carboxylic acids is 1. The fourth-order valence-corrected chi connectivity index (χ4v) is 2.77. The summed E-state index contributed by atoms with van der Waals surface area (Å²) in [4.78, 5) is 13.4. The predicted octanol–water partition coefficient (Wildman–Crippen LogP) is 1.30. The number of likely N-dealkylation sites (tertiary alicyclic amines) is 1. The molecule has 2 aliphatic rings. The van der Waals surface area contributed by atoms with Gasteiger partial charge in [-0.05, 0) is 38.8 Å². The summed E-state index contributed by atoms with van der Waals surface area (Å²) >= 11 is 0. The molecule has 0 bridgehead atoms. The van der Waals surface area contributed by atoms with Crippen LogP contribution in [0.15, 0.2) is 0 Å². The minimum atomic E-state index is -1.12. The van der Waals surface area contributed by atoms with E-state index < -0.39 is 18.1 Å². The molecule has 0 aliphatic carbocycles. The summed E-state index contributed by atoms with van der Waals surface area (Å²) in [6, 6.07) is 0.496. The van der Waals surface area contributed by atoms with E-state index in [0.717, 1.165) is 26.1 Å². The summed E-state index contributed by atoms with van der Waals surface area (Å²) in [5, 5.41) is 9.11. The molecule has 0 amide bonds. The lowest BCUT2D eigenvalue weighted by molar-refractivity contribution is -0.154. The van der Waals surface area contributed by atoms with Gasteiger partial charge in [-0.1, -0.05) is 0 Å². The third-order valence-electron chi connectivity index (χ3n) is 4.17. The van der Waals surface area contributed by atoms with Crippen molar-refractivity contribution in [1.29, 1.82) is 0 Å². The van der Waals surface area contributed by atoms with Crippen LogP contribution < -0.4 is 0 Å². The third-order valence-corrected chi connectivity index (χ3v) is 4.17. The minimum Gasteiger partial charge on any atom is -0.481 e. The van der Waals surface area contributed by atoms with Gasteiger partial charge in [-0.15, -0.1) is 0 Å². The number of piperidine rings is 1. The van der Waals surface area contributed by atoms with Crippen molar-refractivity contribution in [3.8, 4) is 0 Å². The molecule has 0 atom stereocenters. The number of carboxylic acid groups (broad SMARTS) is 1. The maximum Gasteiger partial charge on any atom is 0.312 e. The molecule has 2 rings (SSSR count). The second kappa shape index (κ2) is 5.31. The van der Waals surface area contributed by atoms with Gasteiger partial charge in [0.05, 0.1) is 5.41 Å². The summed E-state index contributed by atoms with van der Waals surface area (Å²) in [6.07, 6.45) is 2.87. The molecule has 1 N–H and O–H groups in total. The van der Waals surface area contributed by atoms with Gasteiger partial charge in [0, 0.05) is 19.3 Å². The zero-order valence-electron chi connectivity index (χ0n) is 10.0. The predicted molar refractivity (Wildman–Crippen MR) is 60.7 cm³/mol. The molecule has 2 heterocycles. The van der Waals surface area contributed by atoms with E-state index in [1.165, 1.54) is 0 Å². The van der Waals surface area contributed by atoms with Crippen LogP contribution in [-0.4, -0.2) is 55.0 Å². The van der Waals surface area contributed by atoms with E-state index >= 15 is 0 Å². The highest BCUT2D eigenvalue weighted by Gasteiger charge is 2.42. The summed E-state index contributed by atoms with van der Waals surface area (Å²) in [6.45, 7) is 2.22. The number of alkyl halides is 1. The first-order valence-corrected chi connectivity index (χ1v) is 6.29. The van der Waals surface area contributed by atoms with Gasteiger partial charge < -0.3 is 14.7 Å². The second-order valence-electron chi connectivity index (χ2n) is 5.10. The highest BCUT2D eigenvalue weighted by Crippen LogP contribution is 2.34. The van der Waals surface area contributed by atoms with Gasteiger partial charge in [0.1, 0.15) is 6.67 Å². The van der Waals surface area contributed by atoms with Gasteiger partial charge in [0.15, 0.2) is 0 Å². The Balaban J connectivity index is 1.90. The number of rotatable bonds is 3. The average Bonchev–Trinajstić information content (AvgIpc) is 2.39. The summed E-state index contributed by atoms with van der Waals surface area (Å²) in [5.41, 5.74) is -1.12. The molecular weight excluding hydrogens is 225 g/mol. The van der Waals surface area contributed by atoms with Crippen LogP contribution >= 0.6 is 0 Å². The number of hydrogen-bond donors (Lipinski definition) is 1. The Morgan fingerprint density at radius 1 is 1.35 bits per heavy atom. The molecule has 2 aliphatic heterocycles. The molecule has 0 saturated carbocycles. The van der Waals surface area contributed by atoms with Crippen LogP contribution in [0.2, 0.25) is 0 Å². The lowest BCUT2D eigenvalue weighted by Crippen LogP contribution is -2.50. The van der Waals surface area contributed by atoms with E-state index in [-0.39, 0.29) is 0 Å². The van der Waals surface area contributed by atoms with Crippen LogP contribution in [0.25, 0.3) is 0 Å². The van der Waals surface area contributed by atoms with E-state index in [9.17, 15) is 9.18 Å². The first-order chi connectivity index (χ1) is 8.18. The van der Waals surface area contributed by atoms with Crippen LogP contribution in [0, 0.1) is 5.41 Å². The van der Waals surface area contributed by atoms with Crippen LogP contribution in [-0.2, 0) is 9.53 Å². The van der Waals surface area contributed by atoms with Crippen molar-refractivity contribution in [2.45, 2.75) is 31.7 Å². The van der Waals surface area contributed by atoms with Crippen LogP contribution in [0.1, 0.15) is 25.7 Å². The van der Waals surface area contributed by atoms with Crippen molar-refractivity contribution in [3.05, 3.63) is 0 Å². The Hall–Kier alpha value is -0.680. The first kappa shape index (κ1) is 12.8. The molecule has 4 nitrogen and oxygen atoms in total. The van der Waals surface area contributed by atoms with Crippen molar-refractivity contribution in [2.75, 3.05) is 33.0 Å². The summed E-state index contributed by atoms with van der Waals surface area (Å²) in [5.74, 6) is -0.980. The van der Waals surface area contributed by atoms with E-state index in [2.05, 4.69) is 4.90 Å². The van der Waals surface area contributed by atoms with Gasteiger partial charge in [0.2, 0.25) is 0 Å². The Labute approximate surface area is 101 Å².